The Labute approximate surface area is 204 Å². The Morgan fingerprint density at radius 1 is 1.03 bits per heavy atom. The van der Waals surface area contributed by atoms with Gasteiger partial charge in [-0.05, 0) is 55.6 Å². The Bertz CT molecular complexity index is 1130. The number of piperidine rings is 1. The average Bonchev–Trinajstić information content (AvgIpc) is 2.91. The highest BCUT2D eigenvalue weighted by Crippen LogP contribution is 2.36. The number of benzene rings is 1. The normalized spacial score (nSPS) is 17.1. The number of anilines is 3. The van der Waals surface area contributed by atoms with Crippen molar-refractivity contribution in [3.8, 4) is 17.0 Å². The molecule has 2 aliphatic heterocycles. The van der Waals surface area contributed by atoms with Gasteiger partial charge in [0.25, 0.3) is 0 Å². The van der Waals surface area contributed by atoms with Crippen molar-refractivity contribution in [2.24, 2.45) is 0 Å². The van der Waals surface area contributed by atoms with E-state index in [1.807, 2.05) is 25.5 Å². The molecular weight excluding hydrogens is 452 g/mol. The third kappa shape index (κ3) is 4.58. The summed E-state index contributed by atoms with van der Waals surface area (Å²) in [5, 5.41) is 25.9. The van der Waals surface area contributed by atoms with Crippen molar-refractivity contribution in [1.82, 2.24) is 25.5 Å². The molecule has 0 aliphatic carbocycles. The molecular formula is C24H29ClN8O. The second-order valence-electron chi connectivity index (χ2n) is 8.66. The summed E-state index contributed by atoms with van der Waals surface area (Å²) in [5.41, 5.74) is 3.31. The van der Waals surface area contributed by atoms with Crippen molar-refractivity contribution < 1.29 is 5.11 Å². The van der Waals surface area contributed by atoms with Gasteiger partial charge in [0.05, 0.1) is 16.4 Å². The number of phenolic OH excluding ortho intramolecular Hbond substituents is 1. The molecule has 4 heterocycles. The van der Waals surface area contributed by atoms with E-state index in [9.17, 15) is 5.11 Å². The second kappa shape index (κ2) is 9.99. The molecule has 5 rings (SSSR count). The van der Waals surface area contributed by atoms with Gasteiger partial charge in [-0.2, -0.15) is 0 Å². The first-order valence-electron chi connectivity index (χ1n) is 11.7. The lowest BCUT2D eigenvalue weighted by atomic mass is 9.92. The van der Waals surface area contributed by atoms with Gasteiger partial charge in [-0.25, -0.2) is 9.97 Å². The van der Waals surface area contributed by atoms with Crippen LogP contribution in [0.3, 0.4) is 0 Å². The largest absolute Gasteiger partial charge is 0.506 e. The fourth-order valence-electron chi connectivity index (χ4n) is 4.66. The van der Waals surface area contributed by atoms with Crippen molar-refractivity contribution in [1.29, 1.82) is 0 Å². The monoisotopic (exact) mass is 480 g/mol. The van der Waals surface area contributed by atoms with Gasteiger partial charge < -0.3 is 25.5 Å². The smallest absolute Gasteiger partial charge is 0.225 e. The molecule has 1 aromatic carbocycles. The Morgan fingerprint density at radius 2 is 1.74 bits per heavy atom. The van der Waals surface area contributed by atoms with Crippen molar-refractivity contribution in [2.75, 3.05) is 61.4 Å². The molecule has 3 aromatic rings. The minimum absolute atomic E-state index is 0.0107. The molecule has 2 aliphatic rings. The van der Waals surface area contributed by atoms with Crippen LogP contribution in [-0.2, 0) is 0 Å². The summed E-state index contributed by atoms with van der Waals surface area (Å²) in [6.45, 7) is 5.31. The Balaban J connectivity index is 1.30. The van der Waals surface area contributed by atoms with E-state index < -0.39 is 0 Å². The van der Waals surface area contributed by atoms with E-state index in [0.29, 0.717) is 28.0 Å². The molecule has 2 aromatic heterocycles. The molecule has 0 atom stereocenters. The number of nitrogens with zero attached hydrogens (tertiary/aromatic N) is 6. The van der Waals surface area contributed by atoms with Gasteiger partial charge >= 0.3 is 0 Å². The molecule has 178 valence electrons. The number of piperazine rings is 1. The predicted octanol–water partition coefficient (Wildman–Crippen LogP) is 3.13. The van der Waals surface area contributed by atoms with Crippen LogP contribution in [0.25, 0.3) is 11.3 Å². The maximum absolute atomic E-state index is 10.4. The topological polar surface area (TPSA) is 102 Å². The van der Waals surface area contributed by atoms with Gasteiger partial charge in [0.1, 0.15) is 5.75 Å². The van der Waals surface area contributed by atoms with Gasteiger partial charge in [0.2, 0.25) is 5.95 Å². The van der Waals surface area contributed by atoms with Crippen LogP contribution in [-0.4, -0.2) is 71.6 Å². The molecule has 0 saturated carbocycles. The maximum atomic E-state index is 10.4. The summed E-state index contributed by atoms with van der Waals surface area (Å²) in [4.78, 5) is 13.9. The van der Waals surface area contributed by atoms with Crippen LogP contribution >= 0.6 is 11.6 Å². The lowest BCUT2D eigenvalue weighted by Gasteiger charge is -2.36. The van der Waals surface area contributed by atoms with E-state index in [-0.39, 0.29) is 5.75 Å². The summed E-state index contributed by atoms with van der Waals surface area (Å²) in [6.07, 6.45) is 6.29. The summed E-state index contributed by atoms with van der Waals surface area (Å²) < 4.78 is 0. The standard InChI is InChI=1S/C24H29ClN8O/c1-26-23-21(13-20(30-31-23)18-3-2-4-19(25)22(18)34)32-9-11-33(12-10-32)24-28-14-17(15-29-24)16-5-7-27-8-6-16/h2-4,13-16,27,34H,5-12H2,1H3,(H,26,31). The molecule has 9 nitrogen and oxygen atoms in total. The molecule has 34 heavy (non-hydrogen) atoms. The van der Waals surface area contributed by atoms with Crippen LogP contribution in [0.5, 0.6) is 5.75 Å². The van der Waals surface area contributed by atoms with Crippen LogP contribution in [0.15, 0.2) is 36.7 Å². The van der Waals surface area contributed by atoms with E-state index in [0.717, 1.165) is 63.7 Å². The number of rotatable bonds is 5. The highest BCUT2D eigenvalue weighted by molar-refractivity contribution is 6.32. The van der Waals surface area contributed by atoms with E-state index in [1.54, 1.807) is 18.2 Å². The van der Waals surface area contributed by atoms with E-state index in [1.165, 1.54) is 5.56 Å². The molecule has 0 spiro atoms. The lowest BCUT2D eigenvalue weighted by molar-refractivity contribution is 0.458. The van der Waals surface area contributed by atoms with Gasteiger partial charge in [-0.15, -0.1) is 10.2 Å². The first-order valence-corrected chi connectivity index (χ1v) is 12.1. The van der Waals surface area contributed by atoms with Gasteiger partial charge in [0, 0.05) is 51.2 Å². The first-order chi connectivity index (χ1) is 16.6. The van der Waals surface area contributed by atoms with Crippen LogP contribution in [0.4, 0.5) is 17.5 Å². The maximum Gasteiger partial charge on any atom is 0.225 e. The van der Waals surface area contributed by atoms with Gasteiger partial charge in [-0.1, -0.05) is 17.7 Å². The molecule has 0 radical (unpaired) electrons. The number of phenols is 1. The number of halogens is 1. The molecule has 2 saturated heterocycles. The van der Waals surface area contributed by atoms with Crippen molar-refractivity contribution in [2.45, 2.75) is 18.8 Å². The minimum Gasteiger partial charge on any atom is -0.506 e. The molecule has 3 N–H and O–H groups in total. The molecule has 0 amide bonds. The zero-order valence-electron chi connectivity index (χ0n) is 19.2. The van der Waals surface area contributed by atoms with Crippen LogP contribution in [0, 0.1) is 0 Å². The van der Waals surface area contributed by atoms with E-state index in [4.69, 9.17) is 11.6 Å². The highest BCUT2D eigenvalue weighted by Gasteiger charge is 2.24. The molecule has 2 fully saturated rings. The zero-order chi connectivity index (χ0) is 23.5. The third-order valence-corrected chi connectivity index (χ3v) is 6.95. The summed E-state index contributed by atoms with van der Waals surface area (Å²) in [5.74, 6) is 2.04. The number of aromatic nitrogens is 4. The Morgan fingerprint density at radius 3 is 2.44 bits per heavy atom. The number of hydrogen-bond donors (Lipinski definition) is 3. The summed E-state index contributed by atoms with van der Waals surface area (Å²) in [6, 6.07) is 7.18. The summed E-state index contributed by atoms with van der Waals surface area (Å²) >= 11 is 6.10. The highest BCUT2D eigenvalue weighted by atomic mass is 35.5. The Kier molecular flexibility index (Phi) is 6.64. The summed E-state index contributed by atoms with van der Waals surface area (Å²) in [7, 11) is 1.83. The van der Waals surface area contributed by atoms with Crippen molar-refractivity contribution in [3.05, 3.63) is 47.2 Å². The second-order valence-corrected chi connectivity index (χ2v) is 9.07. The molecule has 0 unspecified atom stereocenters. The number of para-hydroxylation sites is 1. The van der Waals surface area contributed by atoms with Gasteiger partial charge in [-0.3, -0.25) is 0 Å². The lowest BCUT2D eigenvalue weighted by Crippen LogP contribution is -2.47. The number of nitrogens with one attached hydrogen (secondary N) is 2. The van der Waals surface area contributed by atoms with Crippen LogP contribution < -0.4 is 20.4 Å². The fraction of sp³-hybridized carbons (Fsp3) is 0.417. The van der Waals surface area contributed by atoms with E-state index in [2.05, 4.69) is 40.6 Å². The third-order valence-electron chi connectivity index (χ3n) is 6.65. The van der Waals surface area contributed by atoms with Crippen LogP contribution in [0.1, 0.15) is 24.3 Å². The molecule has 0 bridgehead atoms. The van der Waals surface area contributed by atoms with Crippen LogP contribution in [0.2, 0.25) is 5.02 Å². The Hall–Kier alpha value is -3.17. The zero-order valence-corrected chi connectivity index (χ0v) is 20.0. The van der Waals surface area contributed by atoms with Gasteiger partial charge in [0.15, 0.2) is 5.82 Å². The first kappa shape index (κ1) is 22.6. The average molecular weight is 481 g/mol. The van der Waals surface area contributed by atoms with Crippen molar-refractivity contribution >= 4 is 29.1 Å². The minimum atomic E-state index is 0.0107. The SMILES string of the molecule is CNc1nnc(-c2cccc(Cl)c2O)cc1N1CCN(c2ncc(C3CCNCC3)cn2)CC1. The predicted molar refractivity (Wildman–Crippen MR) is 135 cm³/mol. The van der Waals surface area contributed by atoms with Crippen molar-refractivity contribution in [3.63, 3.8) is 0 Å². The van der Waals surface area contributed by atoms with E-state index >= 15 is 0 Å². The number of aromatic hydroxyl groups is 1. The fourth-order valence-corrected chi connectivity index (χ4v) is 4.84. The quantitative estimate of drug-likeness (QED) is 0.508. The number of hydrogen-bond acceptors (Lipinski definition) is 9. The molecule has 10 heteroatoms.